The molecule has 2 heteroatoms. The summed E-state index contributed by atoms with van der Waals surface area (Å²) in [6.07, 6.45) is 2.39. The van der Waals surface area contributed by atoms with Crippen molar-refractivity contribution in [1.29, 1.82) is 0 Å². The van der Waals surface area contributed by atoms with Gasteiger partial charge >= 0.3 is 5.97 Å². The van der Waals surface area contributed by atoms with Gasteiger partial charge in [-0.25, -0.2) is 4.79 Å². The van der Waals surface area contributed by atoms with Crippen LogP contribution in [0.5, 0.6) is 0 Å². The topological polar surface area (TPSA) is 26.3 Å². The fraction of sp³-hybridized carbons (Fsp3) is 0.545. The summed E-state index contributed by atoms with van der Waals surface area (Å²) in [7, 11) is 0. The van der Waals surface area contributed by atoms with E-state index in [0.29, 0.717) is 5.57 Å². The molecule has 2 nitrogen and oxygen atoms in total. The monoisotopic (exact) mass is 182 g/mol. The van der Waals surface area contributed by atoms with Crippen molar-refractivity contribution in [3.05, 3.63) is 23.8 Å². The van der Waals surface area contributed by atoms with Crippen LogP contribution in [0.4, 0.5) is 0 Å². The highest BCUT2D eigenvalue weighted by molar-refractivity contribution is 5.87. The summed E-state index contributed by atoms with van der Waals surface area (Å²) in [5.41, 5.74) is 1.67. The first-order valence-corrected chi connectivity index (χ1v) is 4.45. The molecule has 0 saturated heterocycles. The minimum atomic E-state index is -0.240. The Kier molecular flexibility index (Phi) is 5.12. The molecule has 0 aliphatic rings. The van der Waals surface area contributed by atoms with Crippen molar-refractivity contribution in [3.8, 4) is 0 Å². The van der Waals surface area contributed by atoms with Gasteiger partial charge in [0.2, 0.25) is 0 Å². The molecule has 1 atom stereocenters. The molecule has 74 valence electrons. The van der Waals surface area contributed by atoms with Crippen molar-refractivity contribution in [2.75, 3.05) is 0 Å². The number of ether oxygens (including phenoxy) is 1. The summed E-state index contributed by atoms with van der Waals surface area (Å²) in [4.78, 5) is 11.2. The van der Waals surface area contributed by atoms with Crippen molar-refractivity contribution >= 4 is 5.97 Å². The van der Waals surface area contributed by atoms with Crippen molar-refractivity contribution in [2.24, 2.45) is 0 Å². The number of allylic oxidation sites excluding steroid dienone is 1. The number of esters is 1. The molecular formula is C11H18O2. The third-order valence-corrected chi connectivity index (χ3v) is 1.70. The second-order valence-corrected chi connectivity index (χ2v) is 3.35. The highest BCUT2D eigenvalue weighted by atomic mass is 16.5. The Bertz CT molecular complexity index is 226. The van der Waals surface area contributed by atoms with Crippen molar-refractivity contribution in [3.63, 3.8) is 0 Å². The summed E-state index contributed by atoms with van der Waals surface area (Å²) in [6.45, 7) is 11.1. The quantitative estimate of drug-likeness (QED) is 0.379. The lowest BCUT2D eigenvalue weighted by atomic mass is 10.2. The normalized spacial score (nSPS) is 13.7. The van der Waals surface area contributed by atoms with Crippen LogP contribution >= 0.6 is 0 Å². The summed E-state index contributed by atoms with van der Waals surface area (Å²) >= 11 is 0. The summed E-state index contributed by atoms with van der Waals surface area (Å²) in [6, 6.07) is 0. The molecular weight excluding hydrogens is 164 g/mol. The van der Waals surface area contributed by atoms with Gasteiger partial charge in [0.1, 0.15) is 6.10 Å². The molecule has 0 saturated carbocycles. The molecule has 0 bridgehead atoms. The van der Waals surface area contributed by atoms with Gasteiger partial charge in [-0.2, -0.15) is 0 Å². The number of hydrogen-bond acceptors (Lipinski definition) is 2. The van der Waals surface area contributed by atoms with Gasteiger partial charge < -0.3 is 4.74 Å². The molecule has 0 radical (unpaired) electrons. The van der Waals surface area contributed by atoms with Crippen LogP contribution in [0.15, 0.2) is 23.8 Å². The van der Waals surface area contributed by atoms with Crippen LogP contribution in [0.3, 0.4) is 0 Å². The van der Waals surface area contributed by atoms with Gasteiger partial charge in [-0.3, -0.25) is 0 Å². The van der Waals surface area contributed by atoms with Crippen LogP contribution in [0, 0.1) is 0 Å². The van der Waals surface area contributed by atoms with Gasteiger partial charge in [-0.1, -0.05) is 11.6 Å². The van der Waals surface area contributed by atoms with Gasteiger partial charge in [0.05, 0.1) is 0 Å². The van der Waals surface area contributed by atoms with Crippen LogP contribution in [0.1, 0.15) is 34.1 Å². The summed E-state index contributed by atoms with van der Waals surface area (Å²) in [5.74, 6) is -0.240. The van der Waals surface area contributed by atoms with Gasteiger partial charge in [-0.05, 0) is 27.7 Å². The first-order chi connectivity index (χ1) is 5.97. The van der Waals surface area contributed by atoms with Crippen LogP contribution < -0.4 is 0 Å². The lowest BCUT2D eigenvalue weighted by Crippen LogP contribution is -2.15. The first kappa shape index (κ1) is 11.9. The fourth-order valence-electron chi connectivity index (χ4n) is 0.926. The fourth-order valence-corrected chi connectivity index (χ4v) is 0.926. The lowest BCUT2D eigenvalue weighted by Gasteiger charge is -2.12. The van der Waals surface area contributed by atoms with Crippen LogP contribution in [0.25, 0.3) is 0 Å². The molecule has 0 aromatic heterocycles. The van der Waals surface area contributed by atoms with Crippen molar-refractivity contribution < 1.29 is 9.53 Å². The second-order valence-electron chi connectivity index (χ2n) is 3.35. The average molecular weight is 182 g/mol. The molecule has 0 rings (SSSR count). The zero-order valence-electron chi connectivity index (χ0n) is 8.89. The number of carbonyl (C=O) groups is 1. The molecule has 0 fully saturated rings. The molecule has 0 amide bonds. The van der Waals surface area contributed by atoms with E-state index >= 15 is 0 Å². The Morgan fingerprint density at radius 2 is 2.08 bits per heavy atom. The minimum Gasteiger partial charge on any atom is -0.459 e. The van der Waals surface area contributed by atoms with Crippen LogP contribution in [-0.2, 0) is 9.53 Å². The zero-order chi connectivity index (χ0) is 10.4. The van der Waals surface area contributed by atoms with E-state index in [-0.39, 0.29) is 12.1 Å². The standard InChI is InChI=1S/C11H18O2/c1-6-9(4)11(12)13-10(5)7-8(2)3/h6,10H,2,7H2,1,3-5H3. The Labute approximate surface area is 80.3 Å². The number of carbonyl (C=O) groups excluding carboxylic acids is 1. The van der Waals surface area contributed by atoms with Gasteiger partial charge in [-0.15, -0.1) is 6.58 Å². The summed E-state index contributed by atoms with van der Waals surface area (Å²) < 4.78 is 5.15. The SMILES string of the molecule is C=C(C)CC(C)OC(=O)C(C)=CC. The van der Waals surface area contributed by atoms with E-state index in [1.807, 2.05) is 20.8 Å². The van der Waals surface area contributed by atoms with E-state index in [9.17, 15) is 4.79 Å². The second kappa shape index (κ2) is 5.57. The Hall–Kier alpha value is -1.05. The third kappa shape index (κ3) is 5.23. The molecule has 0 spiro atoms. The lowest BCUT2D eigenvalue weighted by molar-refractivity contribution is -0.143. The maximum Gasteiger partial charge on any atom is 0.333 e. The van der Waals surface area contributed by atoms with E-state index in [1.54, 1.807) is 13.0 Å². The third-order valence-electron chi connectivity index (χ3n) is 1.70. The predicted molar refractivity (Wildman–Crippen MR) is 54.4 cm³/mol. The van der Waals surface area contributed by atoms with Gasteiger partial charge in [0.25, 0.3) is 0 Å². The number of rotatable bonds is 4. The molecule has 0 heterocycles. The van der Waals surface area contributed by atoms with E-state index in [1.165, 1.54) is 0 Å². The van der Waals surface area contributed by atoms with E-state index in [4.69, 9.17) is 4.74 Å². The summed E-state index contributed by atoms with van der Waals surface area (Å²) in [5, 5.41) is 0. The molecule has 13 heavy (non-hydrogen) atoms. The van der Waals surface area contributed by atoms with E-state index in [2.05, 4.69) is 6.58 Å². The highest BCUT2D eigenvalue weighted by Gasteiger charge is 2.10. The number of hydrogen-bond donors (Lipinski definition) is 0. The van der Waals surface area contributed by atoms with Crippen molar-refractivity contribution in [1.82, 2.24) is 0 Å². The highest BCUT2D eigenvalue weighted by Crippen LogP contribution is 2.07. The van der Waals surface area contributed by atoms with Gasteiger partial charge in [0, 0.05) is 12.0 Å². The largest absolute Gasteiger partial charge is 0.459 e. The molecule has 0 aliphatic heterocycles. The molecule has 0 aliphatic carbocycles. The minimum absolute atomic E-state index is 0.0834. The average Bonchev–Trinajstić information content (AvgIpc) is 2.01. The Balaban J connectivity index is 3.99. The van der Waals surface area contributed by atoms with E-state index < -0.39 is 0 Å². The maximum absolute atomic E-state index is 11.2. The molecule has 0 aromatic rings. The molecule has 1 unspecified atom stereocenters. The smallest absolute Gasteiger partial charge is 0.333 e. The zero-order valence-corrected chi connectivity index (χ0v) is 8.89. The Morgan fingerprint density at radius 3 is 2.46 bits per heavy atom. The first-order valence-electron chi connectivity index (χ1n) is 4.45. The van der Waals surface area contributed by atoms with Crippen LogP contribution in [0.2, 0.25) is 0 Å². The van der Waals surface area contributed by atoms with E-state index in [0.717, 1.165) is 12.0 Å². The van der Waals surface area contributed by atoms with Gasteiger partial charge in [0.15, 0.2) is 0 Å². The van der Waals surface area contributed by atoms with Crippen LogP contribution in [-0.4, -0.2) is 12.1 Å². The predicted octanol–water partition coefficient (Wildman–Crippen LogP) is 2.85. The maximum atomic E-state index is 11.2. The Morgan fingerprint density at radius 1 is 1.54 bits per heavy atom. The molecule has 0 aromatic carbocycles. The van der Waals surface area contributed by atoms with Crippen molar-refractivity contribution in [2.45, 2.75) is 40.2 Å². The molecule has 0 N–H and O–H groups in total.